The number of thiophene rings is 1. The van der Waals surface area contributed by atoms with Crippen molar-refractivity contribution < 1.29 is 4.79 Å². The number of nitrogens with zero attached hydrogens (tertiary/aromatic N) is 4. The molecule has 1 amide bonds. The average Bonchev–Trinajstić information content (AvgIpc) is 3.26. The predicted octanol–water partition coefficient (Wildman–Crippen LogP) is 2.77. The third kappa shape index (κ3) is 3.61. The zero-order chi connectivity index (χ0) is 22.3. The monoisotopic (exact) mass is 437 g/mol. The molecule has 9 heteroatoms. The van der Waals surface area contributed by atoms with E-state index in [1.165, 1.54) is 20.6 Å². The molecule has 160 valence electrons. The van der Waals surface area contributed by atoms with Gasteiger partial charge in [-0.3, -0.25) is 23.6 Å². The molecule has 0 radical (unpaired) electrons. The van der Waals surface area contributed by atoms with Crippen LogP contribution in [0.2, 0.25) is 0 Å². The van der Waals surface area contributed by atoms with Crippen molar-refractivity contribution in [3.63, 3.8) is 0 Å². The smallest absolute Gasteiger partial charge is 0.295 e. The molecule has 8 nitrogen and oxygen atoms in total. The van der Waals surface area contributed by atoms with Gasteiger partial charge in [-0.25, -0.2) is 9.67 Å². The molecule has 31 heavy (non-hydrogen) atoms. The molecular weight excluding hydrogens is 414 g/mol. The van der Waals surface area contributed by atoms with Gasteiger partial charge < -0.3 is 5.32 Å². The Labute approximate surface area is 182 Å². The minimum atomic E-state index is -0.455. The van der Waals surface area contributed by atoms with Crippen molar-refractivity contribution in [3.05, 3.63) is 73.5 Å². The summed E-state index contributed by atoms with van der Waals surface area (Å²) in [6.07, 6.45) is 0.820. The quantitative estimate of drug-likeness (QED) is 0.520. The number of carbonyl (C=O) groups is 1. The number of fused-ring (bicyclic) bond motifs is 1. The second kappa shape index (κ2) is 7.99. The van der Waals surface area contributed by atoms with Gasteiger partial charge in [0.2, 0.25) is 5.91 Å². The number of benzene rings is 1. The third-order valence-electron chi connectivity index (χ3n) is 5.36. The third-order valence-corrected chi connectivity index (χ3v) is 6.54. The summed E-state index contributed by atoms with van der Waals surface area (Å²) in [5.74, 6) is 0.00643. The van der Waals surface area contributed by atoms with Gasteiger partial charge in [-0.1, -0.05) is 25.1 Å². The van der Waals surface area contributed by atoms with Crippen molar-refractivity contribution in [3.8, 4) is 5.69 Å². The lowest BCUT2D eigenvalue weighted by Crippen LogP contribution is -2.31. The van der Waals surface area contributed by atoms with E-state index in [2.05, 4.69) is 10.3 Å². The van der Waals surface area contributed by atoms with Gasteiger partial charge in [0.15, 0.2) is 0 Å². The summed E-state index contributed by atoms with van der Waals surface area (Å²) in [7, 11) is 1.76. The lowest BCUT2D eigenvalue weighted by Gasteiger charge is -2.09. The van der Waals surface area contributed by atoms with E-state index >= 15 is 0 Å². The maximum Gasteiger partial charge on any atom is 0.295 e. The molecule has 0 atom stereocenters. The number of para-hydroxylation sites is 1. The van der Waals surface area contributed by atoms with Crippen LogP contribution in [0.25, 0.3) is 15.9 Å². The van der Waals surface area contributed by atoms with Crippen LogP contribution < -0.4 is 16.4 Å². The lowest BCUT2D eigenvalue weighted by molar-refractivity contribution is -0.116. The molecule has 0 saturated carbocycles. The van der Waals surface area contributed by atoms with Crippen LogP contribution in [0.3, 0.4) is 0 Å². The van der Waals surface area contributed by atoms with Crippen LogP contribution in [0.5, 0.6) is 0 Å². The number of nitrogens with one attached hydrogen (secondary N) is 1. The van der Waals surface area contributed by atoms with E-state index in [1.807, 2.05) is 43.3 Å². The summed E-state index contributed by atoms with van der Waals surface area (Å²) in [6, 6.07) is 11.0. The van der Waals surface area contributed by atoms with Crippen molar-refractivity contribution in [2.75, 3.05) is 5.32 Å². The summed E-state index contributed by atoms with van der Waals surface area (Å²) in [6.45, 7) is 5.27. The summed E-state index contributed by atoms with van der Waals surface area (Å²) in [4.78, 5) is 44.9. The number of carbonyl (C=O) groups excluding carboxylic acids is 1. The molecular formula is C22H23N5O3S. The lowest BCUT2D eigenvalue weighted by atomic mass is 10.3. The minimum absolute atomic E-state index is 0.194. The highest BCUT2D eigenvalue weighted by atomic mass is 32.1. The molecule has 0 aliphatic rings. The Kier molecular flexibility index (Phi) is 5.36. The van der Waals surface area contributed by atoms with E-state index in [9.17, 15) is 14.4 Å². The fraction of sp³-hybridized carbons (Fsp3) is 0.273. The highest BCUT2D eigenvalue weighted by Crippen LogP contribution is 2.22. The molecule has 0 fully saturated rings. The molecule has 1 N–H and O–H groups in total. The number of rotatable bonds is 5. The molecule has 3 heterocycles. The van der Waals surface area contributed by atoms with Crippen LogP contribution in [0, 0.1) is 13.8 Å². The molecule has 0 saturated heterocycles. The van der Waals surface area contributed by atoms with Crippen LogP contribution in [0.1, 0.15) is 23.3 Å². The first-order valence-electron chi connectivity index (χ1n) is 9.95. The maximum absolute atomic E-state index is 13.0. The summed E-state index contributed by atoms with van der Waals surface area (Å²) in [5, 5.41) is 3.22. The second-order valence-corrected chi connectivity index (χ2v) is 8.44. The largest absolute Gasteiger partial charge is 0.318 e. The van der Waals surface area contributed by atoms with Crippen molar-refractivity contribution in [1.29, 1.82) is 0 Å². The Morgan fingerprint density at radius 1 is 1.13 bits per heavy atom. The van der Waals surface area contributed by atoms with Gasteiger partial charge in [0.05, 0.1) is 16.8 Å². The number of anilines is 1. The van der Waals surface area contributed by atoms with Crippen LogP contribution in [-0.2, 0) is 24.8 Å². The molecule has 0 aliphatic heterocycles. The first kappa shape index (κ1) is 20.8. The molecule has 0 spiro atoms. The summed E-state index contributed by atoms with van der Waals surface area (Å²) >= 11 is 1.49. The molecule has 4 aromatic rings. The molecule has 4 rings (SSSR count). The molecule has 0 bridgehead atoms. The van der Waals surface area contributed by atoms with Gasteiger partial charge in [0.25, 0.3) is 11.1 Å². The minimum Gasteiger partial charge on any atom is -0.318 e. The Morgan fingerprint density at radius 3 is 2.52 bits per heavy atom. The molecule has 0 aliphatic carbocycles. The number of amides is 1. The number of hydrogen-bond donors (Lipinski definition) is 1. The zero-order valence-corrected chi connectivity index (χ0v) is 18.6. The summed E-state index contributed by atoms with van der Waals surface area (Å²) < 4.78 is 4.53. The van der Waals surface area contributed by atoms with Gasteiger partial charge in [-0.2, -0.15) is 0 Å². The van der Waals surface area contributed by atoms with Crippen LogP contribution in [0.15, 0.2) is 46.0 Å². The van der Waals surface area contributed by atoms with Crippen molar-refractivity contribution in [2.45, 2.75) is 33.7 Å². The average molecular weight is 438 g/mol. The fourth-order valence-corrected chi connectivity index (χ4v) is 4.57. The van der Waals surface area contributed by atoms with E-state index in [1.54, 1.807) is 25.6 Å². The van der Waals surface area contributed by atoms with Crippen molar-refractivity contribution >= 4 is 33.1 Å². The van der Waals surface area contributed by atoms with E-state index in [0.29, 0.717) is 27.4 Å². The molecule has 1 aromatic carbocycles. The highest BCUT2D eigenvalue weighted by molar-refractivity contribution is 7.18. The number of hydrogen-bond acceptors (Lipinski definition) is 5. The SMILES string of the molecule is CCc1cc2c(=O)n(CC(=O)Nc3c(C)n(C)n(-c4ccccc4)c3=O)c(C)nc2s1. The van der Waals surface area contributed by atoms with Crippen LogP contribution in [0.4, 0.5) is 5.69 Å². The van der Waals surface area contributed by atoms with Gasteiger partial charge in [-0.15, -0.1) is 11.3 Å². The Bertz CT molecular complexity index is 1410. The van der Waals surface area contributed by atoms with Gasteiger partial charge in [0, 0.05) is 11.9 Å². The van der Waals surface area contributed by atoms with Gasteiger partial charge in [-0.05, 0) is 38.5 Å². The van der Waals surface area contributed by atoms with Crippen LogP contribution in [-0.4, -0.2) is 24.8 Å². The first-order valence-corrected chi connectivity index (χ1v) is 10.8. The maximum atomic E-state index is 13.0. The molecule has 0 unspecified atom stereocenters. The Hall–Kier alpha value is -3.46. The topological polar surface area (TPSA) is 90.9 Å². The van der Waals surface area contributed by atoms with Crippen LogP contribution >= 0.6 is 11.3 Å². The van der Waals surface area contributed by atoms with Gasteiger partial charge >= 0.3 is 0 Å². The second-order valence-electron chi connectivity index (χ2n) is 7.32. The number of aryl methyl sites for hydroxylation is 2. The fourth-order valence-electron chi connectivity index (χ4n) is 3.56. The van der Waals surface area contributed by atoms with Crippen molar-refractivity contribution in [1.82, 2.24) is 18.9 Å². The Morgan fingerprint density at radius 2 is 1.84 bits per heavy atom. The van der Waals surface area contributed by atoms with E-state index in [0.717, 1.165) is 11.3 Å². The van der Waals surface area contributed by atoms with E-state index in [-0.39, 0.29) is 23.4 Å². The molecule has 3 aromatic heterocycles. The normalized spacial score (nSPS) is 11.2. The first-order chi connectivity index (χ1) is 14.8. The summed E-state index contributed by atoms with van der Waals surface area (Å²) in [5.41, 5.74) is 0.928. The number of aromatic nitrogens is 4. The Balaban J connectivity index is 1.66. The zero-order valence-electron chi connectivity index (χ0n) is 17.8. The van der Waals surface area contributed by atoms with Crippen molar-refractivity contribution in [2.24, 2.45) is 7.05 Å². The van der Waals surface area contributed by atoms with Gasteiger partial charge in [0.1, 0.15) is 22.9 Å². The van der Waals surface area contributed by atoms with E-state index in [4.69, 9.17) is 0 Å². The highest BCUT2D eigenvalue weighted by Gasteiger charge is 2.19. The van der Waals surface area contributed by atoms with E-state index < -0.39 is 5.91 Å². The predicted molar refractivity (Wildman–Crippen MR) is 122 cm³/mol. The standard InChI is InChI=1S/C22H23N5O3S/c1-5-16-11-17-20(31-16)23-14(3)26(21(17)29)12-18(28)24-19-13(2)25(4)27(22(19)30)15-9-7-6-8-10-15/h6-11H,5,12H2,1-4H3,(H,24,28).